The van der Waals surface area contributed by atoms with Crippen molar-refractivity contribution in [3.05, 3.63) is 64.3 Å². The highest BCUT2D eigenvalue weighted by Gasteiger charge is 2.41. The molecule has 9 heteroatoms. The van der Waals surface area contributed by atoms with Crippen LogP contribution in [0.1, 0.15) is 6.92 Å². The van der Waals surface area contributed by atoms with Crippen molar-refractivity contribution in [1.29, 1.82) is 0 Å². The molecule has 1 aliphatic carbocycles. The Morgan fingerprint density at radius 3 is 2.73 bits per heavy atom. The van der Waals surface area contributed by atoms with Gasteiger partial charge >= 0.3 is 0 Å². The lowest BCUT2D eigenvalue weighted by molar-refractivity contribution is -0.124. The second-order valence-corrected chi connectivity index (χ2v) is 9.05. The molecule has 178 valence electrons. The van der Waals surface area contributed by atoms with Crippen LogP contribution in [0.4, 0.5) is 10.1 Å². The Morgan fingerprint density at radius 1 is 1.30 bits per heavy atom. The van der Waals surface area contributed by atoms with Crippen LogP contribution in [-0.2, 0) is 14.3 Å². The van der Waals surface area contributed by atoms with Gasteiger partial charge in [-0.25, -0.2) is 4.39 Å². The Hall–Kier alpha value is -2.55. The Bertz CT molecular complexity index is 1000. The number of aliphatic hydroxyl groups is 1. The van der Waals surface area contributed by atoms with Crippen LogP contribution in [0, 0.1) is 11.7 Å². The first kappa shape index (κ1) is 23.6. The zero-order valence-corrected chi connectivity index (χ0v) is 19.7. The van der Waals surface area contributed by atoms with Crippen molar-refractivity contribution in [3.63, 3.8) is 0 Å². The summed E-state index contributed by atoms with van der Waals surface area (Å²) >= 11 is 5.95. The molecule has 1 aromatic rings. The largest absolute Gasteiger partial charge is 0.471 e. The minimum atomic E-state index is -0.842. The van der Waals surface area contributed by atoms with E-state index in [2.05, 4.69) is 5.32 Å². The minimum Gasteiger partial charge on any atom is -0.471 e. The molecule has 0 bridgehead atoms. The average Bonchev–Trinajstić information content (AvgIpc) is 2.81. The lowest BCUT2D eigenvalue weighted by atomic mass is 9.79. The maximum absolute atomic E-state index is 14.6. The van der Waals surface area contributed by atoms with Crippen LogP contribution in [-0.4, -0.2) is 79.5 Å². The maximum Gasteiger partial charge on any atom is 0.253 e. The van der Waals surface area contributed by atoms with Crippen LogP contribution < -0.4 is 5.32 Å². The van der Waals surface area contributed by atoms with Gasteiger partial charge in [-0.2, -0.15) is 0 Å². The highest BCUT2D eigenvalue weighted by Crippen LogP contribution is 2.38. The molecule has 4 rings (SSSR count). The first-order valence-corrected chi connectivity index (χ1v) is 11.4. The van der Waals surface area contributed by atoms with E-state index in [0.29, 0.717) is 37.8 Å². The molecule has 1 aromatic carbocycles. The van der Waals surface area contributed by atoms with Crippen molar-refractivity contribution in [2.24, 2.45) is 5.92 Å². The average molecular weight is 478 g/mol. The molecule has 3 aliphatic rings. The van der Waals surface area contributed by atoms with Gasteiger partial charge in [0.05, 0.1) is 30.0 Å². The van der Waals surface area contributed by atoms with Crippen molar-refractivity contribution in [2.45, 2.75) is 25.2 Å². The lowest BCUT2D eigenvalue weighted by Gasteiger charge is -2.43. The fourth-order valence-corrected chi connectivity index (χ4v) is 4.51. The predicted octanol–water partition coefficient (Wildman–Crippen LogP) is 2.78. The molecule has 1 fully saturated rings. The molecule has 4 unspecified atom stereocenters. The second-order valence-electron chi connectivity index (χ2n) is 8.64. The Kier molecular flexibility index (Phi) is 6.97. The zero-order valence-electron chi connectivity index (χ0n) is 18.9. The molecule has 2 heterocycles. The van der Waals surface area contributed by atoms with Crippen molar-refractivity contribution in [2.75, 3.05) is 45.7 Å². The van der Waals surface area contributed by atoms with Gasteiger partial charge < -0.3 is 29.7 Å². The minimum absolute atomic E-state index is 0.0212. The second kappa shape index (κ2) is 9.75. The monoisotopic (exact) mass is 477 g/mol. The number of aliphatic hydroxyl groups excluding tert-OH is 1. The van der Waals surface area contributed by atoms with E-state index in [1.165, 1.54) is 11.0 Å². The van der Waals surface area contributed by atoms with E-state index in [1.807, 2.05) is 11.8 Å². The molecule has 0 spiro atoms. The van der Waals surface area contributed by atoms with E-state index < -0.39 is 30.0 Å². The smallest absolute Gasteiger partial charge is 0.253 e. The number of halogens is 2. The van der Waals surface area contributed by atoms with E-state index in [-0.39, 0.29) is 16.6 Å². The molecular weight excluding hydrogens is 449 g/mol. The van der Waals surface area contributed by atoms with E-state index in [9.17, 15) is 14.3 Å². The van der Waals surface area contributed by atoms with Crippen LogP contribution >= 0.6 is 11.6 Å². The summed E-state index contributed by atoms with van der Waals surface area (Å²) < 4.78 is 26.4. The van der Waals surface area contributed by atoms with Gasteiger partial charge in [0.2, 0.25) is 0 Å². The van der Waals surface area contributed by atoms with Gasteiger partial charge in [0.1, 0.15) is 6.10 Å². The molecule has 1 saturated heterocycles. The van der Waals surface area contributed by atoms with Crippen molar-refractivity contribution >= 4 is 23.2 Å². The Balaban J connectivity index is 1.67. The van der Waals surface area contributed by atoms with Gasteiger partial charge in [-0.3, -0.25) is 4.79 Å². The molecule has 2 N–H and O–H groups in total. The van der Waals surface area contributed by atoms with E-state index >= 15 is 0 Å². The maximum atomic E-state index is 14.6. The summed E-state index contributed by atoms with van der Waals surface area (Å²) in [7, 11) is 3.35. The molecule has 0 saturated carbocycles. The molecule has 4 atom stereocenters. The molecule has 0 radical (unpaired) electrons. The fraction of sp³-hybridized carbons (Fsp3) is 0.458. The SMILES string of the molecule is CC(Nc1cccc(Cl)c1F)C1=CC(C(=O)N(C)C)=CC2C(O)C=C(N3CCOCC3)OC12. The number of fused-ring (bicyclic) bond motifs is 1. The highest BCUT2D eigenvalue weighted by atomic mass is 35.5. The van der Waals surface area contributed by atoms with E-state index in [4.69, 9.17) is 21.1 Å². The van der Waals surface area contributed by atoms with Crippen molar-refractivity contribution < 1.29 is 23.8 Å². The summed E-state index contributed by atoms with van der Waals surface area (Å²) in [6.45, 7) is 4.37. The number of ether oxygens (including phenoxy) is 2. The first-order valence-electron chi connectivity index (χ1n) is 11.0. The summed E-state index contributed by atoms with van der Waals surface area (Å²) in [6.07, 6.45) is 3.87. The van der Waals surface area contributed by atoms with Gasteiger partial charge in [0.15, 0.2) is 11.7 Å². The number of rotatable bonds is 5. The van der Waals surface area contributed by atoms with Crippen LogP contribution in [0.15, 0.2) is 53.5 Å². The van der Waals surface area contributed by atoms with Gasteiger partial charge in [-0.1, -0.05) is 23.7 Å². The summed E-state index contributed by atoms with van der Waals surface area (Å²) in [6, 6.07) is 4.36. The lowest BCUT2D eigenvalue weighted by Crippen LogP contribution is -2.47. The number of hydrogen-bond acceptors (Lipinski definition) is 6. The van der Waals surface area contributed by atoms with Crippen molar-refractivity contribution in [3.8, 4) is 0 Å². The number of anilines is 1. The fourth-order valence-electron chi connectivity index (χ4n) is 4.34. The predicted molar refractivity (Wildman–Crippen MR) is 124 cm³/mol. The van der Waals surface area contributed by atoms with Crippen LogP contribution in [0.25, 0.3) is 0 Å². The Labute approximate surface area is 198 Å². The summed E-state index contributed by atoms with van der Waals surface area (Å²) in [5.41, 5.74) is 1.45. The van der Waals surface area contributed by atoms with E-state index in [0.717, 1.165) is 5.57 Å². The molecule has 1 amide bonds. The zero-order chi connectivity index (χ0) is 23.7. The molecular formula is C24H29ClFN3O4. The number of hydrogen-bond donors (Lipinski definition) is 2. The van der Waals surface area contributed by atoms with Crippen LogP contribution in [0.5, 0.6) is 0 Å². The van der Waals surface area contributed by atoms with Crippen molar-refractivity contribution in [1.82, 2.24) is 9.80 Å². The van der Waals surface area contributed by atoms with Gasteiger partial charge in [0.25, 0.3) is 5.91 Å². The molecule has 7 nitrogen and oxygen atoms in total. The number of carbonyl (C=O) groups is 1. The highest BCUT2D eigenvalue weighted by molar-refractivity contribution is 6.31. The standard InChI is InChI=1S/C24H29ClFN3O4/c1-14(27-19-6-4-5-18(25)22(19)26)16-11-15(24(31)28(2)3)12-17-20(30)13-21(33-23(16)17)29-7-9-32-10-8-29/h4-6,11-14,17,20,23,27,30H,7-10H2,1-3H3. The van der Waals surface area contributed by atoms with Gasteiger partial charge in [-0.05, 0) is 30.7 Å². The third-order valence-electron chi connectivity index (χ3n) is 6.13. The molecule has 2 aliphatic heterocycles. The van der Waals surface area contributed by atoms with Crippen LogP contribution in [0.3, 0.4) is 0 Å². The summed E-state index contributed by atoms with van der Waals surface area (Å²) in [4.78, 5) is 16.3. The summed E-state index contributed by atoms with van der Waals surface area (Å²) in [5.74, 6) is -0.586. The topological polar surface area (TPSA) is 74.3 Å². The van der Waals surface area contributed by atoms with Gasteiger partial charge in [-0.15, -0.1) is 0 Å². The number of morpholine rings is 1. The molecule has 0 aromatic heterocycles. The normalized spacial score (nSPS) is 25.7. The third kappa shape index (κ3) is 4.88. The summed E-state index contributed by atoms with van der Waals surface area (Å²) in [5, 5.41) is 14.2. The van der Waals surface area contributed by atoms with Gasteiger partial charge in [0, 0.05) is 50.8 Å². The number of carbonyl (C=O) groups excluding carboxylic acids is 1. The van der Waals surface area contributed by atoms with Crippen LogP contribution in [0.2, 0.25) is 5.02 Å². The number of nitrogens with one attached hydrogen (secondary N) is 1. The molecule has 33 heavy (non-hydrogen) atoms. The number of likely N-dealkylation sites (N-methyl/N-ethyl adjacent to an activating group) is 1. The number of amides is 1. The Morgan fingerprint density at radius 2 is 2.03 bits per heavy atom. The first-order chi connectivity index (χ1) is 15.8. The van der Waals surface area contributed by atoms with E-state index in [1.54, 1.807) is 44.5 Å². The number of benzene rings is 1. The third-order valence-corrected chi connectivity index (χ3v) is 6.42. The number of nitrogens with zero attached hydrogens (tertiary/aromatic N) is 2. The quantitative estimate of drug-likeness (QED) is 0.679.